The second-order valence-electron chi connectivity index (χ2n) is 4.20. The zero-order valence-electron chi connectivity index (χ0n) is 10.3. The highest BCUT2D eigenvalue weighted by atomic mass is 19.4. The maximum atomic E-state index is 13.4. The molecule has 0 spiro atoms. The van der Waals surface area contributed by atoms with Crippen molar-refractivity contribution in [1.29, 1.82) is 5.26 Å². The van der Waals surface area contributed by atoms with Crippen molar-refractivity contribution in [2.75, 3.05) is 0 Å². The predicted molar refractivity (Wildman–Crippen MR) is 60.1 cm³/mol. The maximum absolute atomic E-state index is 13.4. The van der Waals surface area contributed by atoms with Gasteiger partial charge >= 0.3 is 12.1 Å². The largest absolute Gasteiger partial charge is 0.480 e. The Morgan fingerprint density at radius 3 is 2.50 bits per heavy atom. The summed E-state index contributed by atoms with van der Waals surface area (Å²) in [6.45, 7) is -0.231. The second-order valence-corrected chi connectivity index (χ2v) is 4.20. The molecule has 0 amide bonds. The molecule has 0 saturated heterocycles. The van der Waals surface area contributed by atoms with Crippen LogP contribution in [0.2, 0.25) is 0 Å². The first kappa shape index (κ1) is 15.9. The van der Waals surface area contributed by atoms with Gasteiger partial charge in [-0.15, -0.1) is 0 Å². The van der Waals surface area contributed by atoms with Gasteiger partial charge in [0.2, 0.25) is 5.54 Å². The number of carboxylic acid groups (broad SMARTS) is 1. The number of rotatable bonds is 4. The Hall–Kier alpha value is -2.14. The molecule has 8 heteroatoms. The topological polar surface area (TPSA) is 73.1 Å². The Bertz CT molecular complexity index is 566. The van der Waals surface area contributed by atoms with Crippen LogP contribution in [-0.4, -0.2) is 22.8 Å². The third kappa shape index (κ3) is 3.05. The Morgan fingerprint density at radius 1 is 1.45 bits per heavy atom. The lowest BCUT2D eigenvalue weighted by Gasteiger charge is -2.28. The fourth-order valence-corrected chi connectivity index (χ4v) is 1.35. The average molecular weight is 290 g/mol. The fourth-order valence-electron chi connectivity index (χ4n) is 1.35. The number of aliphatic carboxylic acids is 1. The average Bonchev–Trinajstić information content (AvgIpc) is 2.35. The molecule has 0 aliphatic heterocycles. The van der Waals surface area contributed by atoms with Crippen molar-refractivity contribution in [2.45, 2.75) is 25.2 Å². The van der Waals surface area contributed by atoms with Gasteiger partial charge in [-0.2, -0.15) is 18.4 Å². The normalized spacial score (nSPS) is 14.4. The highest BCUT2D eigenvalue weighted by molar-refractivity contribution is 5.79. The van der Waals surface area contributed by atoms with E-state index < -0.39 is 30.0 Å². The van der Waals surface area contributed by atoms with E-state index in [4.69, 9.17) is 10.4 Å². The van der Waals surface area contributed by atoms with Gasteiger partial charge in [-0.1, -0.05) is 0 Å². The highest BCUT2D eigenvalue weighted by Gasteiger charge is 2.57. The molecule has 0 saturated carbocycles. The van der Waals surface area contributed by atoms with E-state index in [-0.39, 0.29) is 11.1 Å². The van der Waals surface area contributed by atoms with Gasteiger partial charge in [-0.05, 0) is 25.1 Å². The summed E-state index contributed by atoms with van der Waals surface area (Å²) >= 11 is 0. The Morgan fingerprint density at radius 2 is 2.05 bits per heavy atom. The molecular formula is C12H10F4N2O2. The number of nitrogens with zero attached hydrogens (tertiary/aromatic N) is 1. The summed E-state index contributed by atoms with van der Waals surface area (Å²) in [4.78, 5) is 10.8. The molecule has 0 aromatic heterocycles. The summed E-state index contributed by atoms with van der Waals surface area (Å²) in [6.07, 6.45) is -5.05. The number of benzene rings is 1. The van der Waals surface area contributed by atoms with E-state index in [2.05, 4.69) is 0 Å². The standard InChI is InChI=1S/C12H10F4N2O2/c1-11(10(19)20,12(14,15)16)18-6-8-4-7(5-17)2-3-9(8)13/h2-4,18H,6H2,1H3,(H,19,20). The molecule has 0 heterocycles. The summed E-state index contributed by atoms with van der Waals surface area (Å²) < 4.78 is 51.5. The lowest BCUT2D eigenvalue weighted by Crippen LogP contribution is -2.59. The number of hydrogen-bond donors (Lipinski definition) is 2. The number of hydrogen-bond acceptors (Lipinski definition) is 3. The molecule has 20 heavy (non-hydrogen) atoms. The third-order valence-corrected chi connectivity index (χ3v) is 2.80. The van der Waals surface area contributed by atoms with E-state index in [1.807, 2.05) is 0 Å². The van der Waals surface area contributed by atoms with Crippen LogP contribution in [0.1, 0.15) is 18.1 Å². The number of carbonyl (C=O) groups is 1. The number of nitriles is 1. The van der Waals surface area contributed by atoms with Crippen molar-refractivity contribution in [3.8, 4) is 6.07 Å². The molecule has 1 atom stereocenters. The van der Waals surface area contributed by atoms with Crippen molar-refractivity contribution in [3.05, 3.63) is 35.1 Å². The zero-order valence-corrected chi connectivity index (χ0v) is 10.3. The minimum atomic E-state index is -5.05. The van der Waals surface area contributed by atoms with Crippen LogP contribution in [-0.2, 0) is 11.3 Å². The third-order valence-electron chi connectivity index (χ3n) is 2.80. The van der Waals surface area contributed by atoms with Crippen LogP contribution in [0.4, 0.5) is 17.6 Å². The highest BCUT2D eigenvalue weighted by Crippen LogP contribution is 2.30. The molecule has 0 aliphatic rings. The van der Waals surface area contributed by atoms with Crippen molar-refractivity contribution in [2.24, 2.45) is 0 Å². The lowest BCUT2D eigenvalue weighted by atomic mass is 10.0. The number of alkyl halides is 3. The smallest absolute Gasteiger partial charge is 0.417 e. The minimum absolute atomic E-state index is 0.0623. The molecule has 4 nitrogen and oxygen atoms in total. The quantitative estimate of drug-likeness (QED) is 0.834. The van der Waals surface area contributed by atoms with Crippen LogP contribution in [0, 0.1) is 17.1 Å². The fraction of sp³-hybridized carbons (Fsp3) is 0.333. The van der Waals surface area contributed by atoms with Gasteiger partial charge in [0, 0.05) is 12.1 Å². The van der Waals surface area contributed by atoms with E-state index in [0.29, 0.717) is 6.92 Å². The van der Waals surface area contributed by atoms with E-state index in [1.165, 1.54) is 6.07 Å². The summed E-state index contributed by atoms with van der Waals surface area (Å²) in [5, 5.41) is 19.1. The van der Waals surface area contributed by atoms with E-state index in [0.717, 1.165) is 12.1 Å². The molecule has 1 aromatic carbocycles. The van der Waals surface area contributed by atoms with Crippen LogP contribution in [0.15, 0.2) is 18.2 Å². The number of carboxylic acids is 1. The first-order chi connectivity index (χ1) is 9.11. The number of nitrogens with one attached hydrogen (secondary N) is 1. The maximum Gasteiger partial charge on any atom is 0.417 e. The van der Waals surface area contributed by atoms with Crippen molar-refractivity contribution in [3.63, 3.8) is 0 Å². The van der Waals surface area contributed by atoms with Crippen LogP contribution in [0.25, 0.3) is 0 Å². The van der Waals surface area contributed by atoms with Gasteiger partial charge in [0.15, 0.2) is 0 Å². The summed E-state index contributed by atoms with van der Waals surface area (Å²) in [7, 11) is 0. The van der Waals surface area contributed by atoms with Gasteiger partial charge < -0.3 is 5.11 Å². The summed E-state index contributed by atoms with van der Waals surface area (Å²) in [5.74, 6) is -2.95. The first-order valence-electron chi connectivity index (χ1n) is 5.35. The number of halogens is 4. The molecule has 2 N–H and O–H groups in total. The van der Waals surface area contributed by atoms with E-state index >= 15 is 0 Å². The van der Waals surface area contributed by atoms with Gasteiger partial charge in [0.25, 0.3) is 0 Å². The molecule has 0 radical (unpaired) electrons. The van der Waals surface area contributed by atoms with Crippen molar-refractivity contribution < 1.29 is 27.5 Å². The van der Waals surface area contributed by atoms with Gasteiger partial charge in [0.1, 0.15) is 5.82 Å². The van der Waals surface area contributed by atoms with Crippen molar-refractivity contribution in [1.82, 2.24) is 5.32 Å². The summed E-state index contributed by atoms with van der Waals surface area (Å²) in [5.41, 5.74) is -3.37. The predicted octanol–water partition coefficient (Wildman–Crippen LogP) is 2.19. The molecular weight excluding hydrogens is 280 g/mol. The summed E-state index contributed by atoms with van der Waals surface area (Å²) in [6, 6.07) is 4.87. The van der Waals surface area contributed by atoms with Crippen LogP contribution >= 0.6 is 0 Å². The Kier molecular flexibility index (Phi) is 4.35. The molecule has 1 rings (SSSR count). The van der Waals surface area contributed by atoms with Gasteiger partial charge in [0.05, 0.1) is 11.6 Å². The van der Waals surface area contributed by atoms with E-state index in [9.17, 15) is 22.4 Å². The van der Waals surface area contributed by atoms with Gasteiger partial charge in [-0.25, -0.2) is 9.18 Å². The molecule has 1 aromatic rings. The molecule has 108 valence electrons. The van der Waals surface area contributed by atoms with Crippen LogP contribution < -0.4 is 5.32 Å². The van der Waals surface area contributed by atoms with Gasteiger partial charge in [-0.3, -0.25) is 5.32 Å². The molecule has 1 unspecified atom stereocenters. The van der Waals surface area contributed by atoms with Crippen LogP contribution in [0.3, 0.4) is 0 Å². The zero-order chi connectivity index (χ0) is 15.6. The lowest BCUT2D eigenvalue weighted by molar-refractivity contribution is -0.206. The first-order valence-corrected chi connectivity index (χ1v) is 5.35. The molecule has 0 bridgehead atoms. The van der Waals surface area contributed by atoms with E-state index in [1.54, 1.807) is 11.4 Å². The van der Waals surface area contributed by atoms with Crippen LogP contribution in [0.5, 0.6) is 0 Å². The Labute approximate surface area is 111 Å². The molecule has 0 aliphatic carbocycles. The SMILES string of the molecule is CC(NCc1cc(C#N)ccc1F)(C(=O)O)C(F)(F)F. The second kappa shape index (κ2) is 5.46. The molecule has 0 fully saturated rings. The monoisotopic (exact) mass is 290 g/mol. The minimum Gasteiger partial charge on any atom is -0.480 e. The Balaban J connectivity index is 3.01. The van der Waals surface area contributed by atoms with Crippen molar-refractivity contribution >= 4 is 5.97 Å².